The zero-order valence-electron chi connectivity index (χ0n) is 35.2. The molecular formula is C52H35Br2N11S2. The van der Waals surface area contributed by atoms with Crippen LogP contribution in [0.3, 0.4) is 0 Å². The number of rotatable bonds is 8. The SMILES string of the molecule is Brc1c2nccnc2c(Br)c2nsnc12.c1ccc(N(c2ccccc2)c2c3nccnc3c(N(c3ccccc3)c3ccccc3)c3nsnc23)cc1.c1ccc(Nc2ccccc2)cc1. The molecule has 11 nitrogen and oxygen atoms in total. The zero-order valence-corrected chi connectivity index (χ0v) is 40.0. The molecule has 0 unspecified atom stereocenters. The van der Waals surface area contributed by atoms with Gasteiger partial charge in [0.1, 0.15) is 55.5 Å². The van der Waals surface area contributed by atoms with E-state index in [1.54, 1.807) is 24.8 Å². The van der Waals surface area contributed by atoms with Gasteiger partial charge in [-0.25, -0.2) is 0 Å². The molecule has 0 saturated carbocycles. The minimum Gasteiger partial charge on any atom is -0.356 e. The van der Waals surface area contributed by atoms with Crippen LogP contribution in [0.2, 0.25) is 0 Å². The van der Waals surface area contributed by atoms with E-state index in [0.717, 1.165) is 98.6 Å². The average Bonchev–Trinajstić information content (AvgIpc) is 4.11. The molecule has 324 valence electrons. The second kappa shape index (κ2) is 20.3. The number of benzene rings is 8. The molecule has 15 heteroatoms. The molecule has 12 aromatic rings. The van der Waals surface area contributed by atoms with Gasteiger partial charge in [-0.05, 0) is 105 Å². The Balaban J connectivity index is 0.000000152. The number of hydrogen-bond acceptors (Lipinski definition) is 13. The van der Waals surface area contributed by atoms with Crippen molar-refractivity contribution in [2.24, 2.45) is 0 Å². The fraction of sp³-hybridized carbons (Fsp3) is 0. The van der Waals surface area contributed by atoms with Crippen molar-refractivity contribution in [1.82, 2.24) is 37.4 Å². The van der Waals surface area contributed by atoms with Crippen LogP contribution in [0.15, 0.2) is 216 Å². The van der Waals surface area contributed by atoms with Gasteiger partial charge in [0.15, 0.2) is 0 Å². The van der Waals surface area contributed by atoms with Gasteiger partial charge >= 0.3 is 0 Å². The molecule has 0 aliphatic carbocycles. The van der Waals surface area contributed by atoms with Crippen molar-refractivity contribution in [2.75, 3.05) is 15.1 Å². The van der Waals surface area contributed by atoms with Crippen LogP contribution in [0.25, 0.3) is 44.1 Å². The Kier molecular flexibility index (Phi) is 13.1. The third-order valence-electron chi connectivity index (χ3n) is 10.4. The first-order valence-electron chi connectivity index (χ1n) is 20.9. The fourth-order valence-electron chi connectivity index (χ4n) is 7.52. The Morgan fingerprint density at radius 2 is 0.582 bits per heavy atom. The van der Waals surface area contributed by atoms with Crippen LogP contribution < -0.4 is 15.1 Å². The van der Waals surface area contributed by atoms with Crippen molar-refractivity contribution in [3.05, 3.63) is 216 Å². The van der Waals surface area contributed by atoms with Crippen LogP contribution in [0.1, 0.15) is 0 Å². The standard InChI is InChI=1S/C32H22N6S.C12H11N.C8H2Br2N4S/c1-5-13-23(14-6-1)37(24-15-7-2-8-16-24)31-27-28(34-22-21-33-27)32(30-29(31)35-39-36-30)38(25-17-9-3-10-18-25)26-19-11-4-12-20-26;1-3-7-11(8-4-1)13-12-9-5-2-6-10-12;9-3-5-6(12-2-1-11-5)4(10)8-7(3)13-15-14-8/h1-22H;1-10,13H;1-2H. The van der Waals surface area contributed by atoms with Crippen molar-refractivity contribution in [1.29, 1.82) is 0 Å². The van der Waals surface area contributed by atoms with Gasteiger partial charge in [-0.2, -0.15) is 17.5 Å². The maximum absolute atomic E-state index is 4.92. The third-order valence-corrected chi connectivity index (χ3v) is 13.0. The maximum atomic E-state index is 4.92. The molecule has 0 atom stereocenters. The third kappa shape index (κ3) is 9.18. The van der Waals surface area contributed by atoms with Gasteiger partial charge < -0.3 is 15.1 Å². The Hall–Kier alpha value is -7.56. The molecule has 0 aliphatic rings. The molecule has 0 spiro atoms. The molecular weight excluding hydrogens is 1000 g/mol. The summed E-state index contributed by atoms with van der Waals surface area (Å²) < 4.78 is 19.9. The zero-order chi connectivity index (χ0) is 45.4. The average molecular weight is 1040 g/mol. The largest absolute Gasteiger partial charge is 0.356 e. The van der Waals surface area contributed by atoms with E-state index in [0.29, 0.717) is 0 Å². The molecule has 0 radical (unpaired) electrons. The van der Waals surface area contributed by atoms with Crippen LogP contribution in [-0.4, -0.2) is 37.4 Å². The highest BCUT2D eigenvalue weighted by molar-refractivity contribution is 9.11. The quantitative estimate of drug-likeness (QED) is 0.146. The van der Waals surface area contributed by atoms with Gasteiger partial charge in [0, 0.05) is 58.9 Å². The highest BCUT2D eigenvalue weighted by atomic mass is 79.9. The number of fused-ring (bicyclic) bond motifs is 4. The summed E-state index contributed by atoms with van der Waals surface area (Å²) in [5.74, 6) is 0. The molecule has 8 aromatic carbocycles. The summed E-state index contributed by atoms with van der Waals surface area (Å²) in [6.45, 7) is 0. The number of nitrogens with zero attached hydrogens (tertiary/aromatic N) is 10. The van der Waals surface area contributed by atoms with Crippen LogP contribution in [0.4, 0.5) is 45.5 Å². The summed E-state index contributed by atoms with van der Waals surface area (Å²) in [5, 5.41) is 3.30. The summed E-state index contributed by atoms with van der Waals surface area (Å²) in [6, 6.07) is 61.4. The lowest BCUT2D eigenvalue weighted by molar-refractivity contribution is 1.23. The summed E-state index contributed by atoms with van der Waals surface area (Å²) >= 11 is 9.33. The minimum absolute atomic E-state index is 0.747. The fourth-order valence-corrected chi connectivity index (χ4v) is 10.0. The van der Waals surface area contributed by atoms with Crippen LogP contribution in [-0.2, 0) is 0 Å². The summed E-state index contributed by atoms with van der Waals surface area (Å²) in [5.41, 5.74) is 14.2. The first kappa shape index (κ1) is 43.3. The second-order valence-electron chi connectivity index (χ2n) is 14.6. The first-order chi connectivity index (χ1) is 33.1. The van der Waals surface area contributed by atoms with E-state index in [1.807, 2.05) is 133 Å². The molecule has 0 amide bonds. The van der Waals surface area contributed by atoms with Gasteiger partial charge in [-0.1, -0.05) is 109 Å². The van der Waals surface area contributed by atoms with Crippen molar-refractivity contribution in [3.8, 4) is 0 Å². The molecule has 67 heavy (non-hydrogen) atoms. The highest BCUT2D eigenvalue weighted by Gasteiger charge is 2.29. The lowest BCUT2D eigenvalue weighted by atomic mass is 10.1. The van der Waals surface area contributed by atoms with Crippen molar-refractivity contribution in [3.63, 3.8) is 0 Å². The van der Waals surface area contributed by atoms with Crippen molar-refractivity contribution < 1.29 is 0 Å². The molecule has 1 N–H and O–H groups in total. The predicted molar refractivity (Wildman–Crippen MR) is 282 cm³/mol. The van der Waals surface area contributed by atoms with Gasteiger partial charge in [-0.15, -0.1) is 0 Å². The van der Waals surface area contributed by atoms with Gasteiger partial charge in [0.05, 0.1) is 32.4 Å². The molecule has 0 bridgehead atoms. The van der Waals surface area contributed by atoms with E-state index in [1.165, 1.54) is 23.5 Å². The smallest absolute Gasteiger partial charge is 0.133 e. The lowest BCUT2D eigenvalue weighted by Gasteiger charge is -2.29. The van der Waals surface area contributed by atoms with Gasteiger partial charge in [-0.3, -0.25) is 19.9 Å². The topological polar surface area (TPSA) is 122 Å². The van der Waals surface area contributed by atoms with E-state index in [2.05, 4.69) is 114 Å². The number of aromatic nitrogens is 8. The molecule has 4 heterocycles. The number of nitrogens with one attached hydrogen (secondary N) is 1. The molecule has 0 fully saturated rings. The Morgan fingerprint density at radius 3 is 0.896 bits per heavy atom. The van der Waals surface area contributed by atoms with Crippen LogP contribution in [0.5, 0.6) is 0 Å². The Morgan fingerprint density at radius 1 is 0.313 bits per heavy atom. The number of hydrogen-bond donors (Lipinski definition) is 1. The normalized spacial score (nSPS) is 10.8. The maximum Gasteiger partial charge on any atom is 0.133 e. The van der Waals surface area contributed by atoms with E-state index in [4.69, 9.17) is 18.7 Å². The number of halogens is 2. The van der Waals surface area contributed by atoms with E-state index >= 15 is 0 Å². The predicted octanol–water partition coefficient (Wildman–Crippen LogP) is 15.2. The van der Waals surface area contributed by atoms with Crippen molar-refractivity contribution >= 4 is 145 Å². The highest BCUT2D eigenvalue weighted by Crippen LogP contribution is 2.49. The lowest BCUT2D eigenvalue weighted by Crippen LogP contribution is -2.15. The van der Waals surface area contributed by atoms with Crippen LogP contribution in [0, 0.1) is 0 Å². The molecule has 0 saturated heterocycles. The van der Waals surface area contributed by atoms with Gasteiger partial charge in [0.25, 0.3) is 0 Å². The minimum atomic E-state index is 0.747. The second-order valence-corrected chi connectivity index (χ2v) is 17.3. The molecule has 12 rings (SSSR count). The van der Waals surface area contributed by atoms with E-state index < -0.39 is 0 Å². The monoisotopic (exact) mass is 1040 g/mol. The molecule has 4 aromatic heterocycles. The summed E-state index contributed by atoms with van der Waals surface area (Å²) in [4.78, 5) is 22.8. The number of para-hydroxylation sites is 6. The van der Waals surface area contributed by atoms with E-state index in [-0.39, 0.29) is 0 Å². The Labute approximate surface area is 410 Å². The van der Waals surface area contributed by atoms with Crippen LogP contribution >= 0.6 is 55.3 Å². The molecule has 0 aliphatic heterocycles. The van der Waals surface area contributed by atoms with Crippen molar-refractivity contribution in [2.45, 2.75) is 0 Å². The van der Waals surface area contributed by atoms with E-state index in [9.17, 15) is 0 Å². The van der Waals surface area contributed by atoms with Gasteiger partial charge in [0.2, 0.25) is 0 Å². The summed E-state index contributed by atoms with van der Waals surface area (Å²) in [7, 11) is 0. The Bertz CT molecular complexity index is 3230. The number of anilines is 8. The first-order valence-corrected chi connectivity index (χ1v) is 23.9. The summed E-state index contributed by atoms with van der Waals surface area (Å²) in [6.07, 6.45) is 6.80.